The smallest absolute Gasteiger partial charge is 0.493 e. The summed E-state index contributed by atoms with van der Waals surface area (Å²) in [7, 11) is 2.47. The topological polar surface area (TPSA) is 126 Å². The maximum absolute atomic E-state index is 11.5. The average Bonchev–Trinajstić information content (AvgIpc) is 3.26. The lowest BCUT2D eigenvalue weighted by Crippen LogP contribution is -1.98. The van der Waals surface area contributed by atoms with Crippen LogP contribution in [0, 0.1) is 0 Å². The lowest BCUT2D eigenvalue weighted by molar-refractivity contribution is 0.273. The number of benzene rings is 2. The van der Waals surface area contributed by atoms with Crippen LogP contribution in [0.1, 0.15) is 0 Å². The number of hydrogen-bond donors (Lipinski definition) is 2. The van der Waals surface area contributed by atoms with Crippen LogP contribution in [0.4, 0.5) is 0 Å². The summed E-state index contributed by atoms with van der Waals surface area (Å²) in [5.41, 5.74) is 1.95. The van der Waals surface area contributed by atoms with Gasteiger partial charge in [-0.2, -0.15) is 4.37 Å². The molecule has 0 radical (unpaired) electrons. The van der Waals surface area contributed by atoms with Crippen LogP contribution in [0.5, 0.6) is 34.5 Å². The number of hydrogen-bond acceptors (Lipinski definition) is 9. The van der Waals surface area contributed by atoms with Crippen molar-refractivity contribution in [2.75, 3.05) is 35.5 Å². The molecule has 2 aromatic carbocycles. The third-order valence-electron chi connectivity index (χ3n) is 4.47. The van der Waals surface area contributed by atoms with Crippen molar-refractivity contribution in [1.29, 1.82) is 0 Å². The Morgan fingerprint density at radius 2 is 1.22 bits per heavy atom. The molecule has 0 bridgehead atoms. The Morgan fingerprint density at radius 1 is 0.750 bits per heavy atom. The summed E-state index contributed by atoms with van der Waals surface area (Å²) < 4.78 is 47.5. The van der Waals surface area contributed by atoms with Crippen molar-refractivity contribution in [3.8, 4) is 56.1 Å². The molecular formula is C20H22NO9PS. The van der Waals surface area contributed by atoms with Crippen LogP contribution in [0.25, 0.3) is 21.6 Å². The van der Waals surface area contributed by atoms with Crippen molar-refractivity contribution in [2.24, 2.45) is 0 Å². The van der Waals surface area contributed by atoms with Gasteiger partial charge in [-0.05, 0) is 41.4 Å². The Balaban J connectivity index is 2.20. The van der Waals surface area contributed by atoms with Gasteiger partial charge >= 0.3 is 7.82 Å². The van der Waals surface area contributed by atoms with Gasteiger partial charge in [-0.3, -0.25) is 9.79 Å². The largest absolute Gasteiger partial charge is 0.524 e. The number of ether oxygens (including phenoxy) is 5. The van der Waals surface area contributed by atoms with E-state index in [-0.39, 0.29) is 17.2 Å². The van der Waals surface area contributed by atoms with Crippen molar-refractivity contribution in [3.63, 3.8) is 0 Å². The second-order valence-corrected chi connectivity index (χ2v) is 8.24. The van der Waals surface area contributed by atoms with E-state index in [4.69, 9.17) is 28.2 Å². The molecule has 0 aliphatic rings. The first-order valence-electron chi connectivity index (χ1n) is 9.02. The highest BCUT2D eigenvalue weighted by Gasteiger charge is 2.25. The van der Waals surface area contributed by atoms with Crippen molar-refractivity contribution >= 4 is 19.4 Å². The molecule has 0 spiro atoms. The third kappa shape index (κ3) is 4.76. The van der Waals surface area contributed by atoms with Gasteiger partial charge in [-0.15, -0.1) is 0 Å². The minimum Gasteiger partial charge on any atom is -0.493 e. The van der Waals surface area contributed by atoms with Crippen LogP contribution in [-0.4, -0.2) is 49.7 Å². The van der Waals surface area contributed by atoms with Crippen LogP contribution >= 0.6 is 19.4 Å². The average molecular weight is 483 g/mol. The first-order chi connectivity index (χ1) is 15.3. The third-order valence-corrected chi connectivity index (χ3v) is 5.75. The molecule has 0 amide bonds. The number of rotatable bonds is 9. The summed E-state index contributed by atoms with van der Waals surface area (Å²) in [6, 6.07) is 6.68. The SMILES string of the molecule is COc1cc(-c2sncc2-c2cc(OC)c(OC)c(OP(=O)(O)O)c2)cc(OC)c1OC. The molecule has 0 saturated carbocycles. The fourth-order valence-corrected chi connectivity index (χ4v) is 4.29. The van der Waals surface area contributed by atoms with Crippen LogP contribution < -0.4 is 28.2 Å². The lowest BCUT2D eigenvalue weighted by Gasteiger charge is -2.17. The van der Waals surface area contributed by atoms with Crippen molar-refractivity contribution in [3.05, 3.63) is 30.5 Å². The molecule has 0 unspecified atom stereocenters. The van der Waals surface area contributed by atoms with E-state index in [2.05, 4.69) is 4.37 Å². The molecule has 3 rings (SSSR count). The molecule has 32 heavy (non-hydrogen) atoms. The van der Waals surface area contributed by atoms with E-state index in [9.17, 15) is 14.4 Å². The molecule has 0 atom stereocenters. The van der Waals surface area contributed by atoms with Crippen molar-refractivity contribution in [1.82, 2.24) is 4.37 Å². The maximum atomic E-state index is 11.5. The summed E-state index contributed by atoms with van der Waals surface area (Å²) in [4.78, 5) is 19.4. The minimum atomic E-state index is -4.85. The molecule has 172 valence electrons. The van der Waals surface area contributed by atoms with Gasteiger partial charge in [0, 0.05) is 17.3 Å². The normalized spacial score (nSPS) is 11.1. The highest BCUT2D eigenvalue weighted by molar-refractivity contribution is 7.46. The van der Waals surface area contributed by atoms with Gasteiger partial charge in [0.15, 0.2) is 23.0 Å². The van der Waals surface area contributed by atoms with E-state index < -0.39 is 7.82 Å². The van der Waals surface area contributed by atoms with Gasteiger partial charge < -0.3 is 28.2 Å². The van der Waals surface area contributed by atoms with Gasteiger partial charge in [0.25, 0.3) is 0 Å². The predicted molar refractivity (Wildman–Crippen MR) is 118 cm³/mol. The molecule has 10 nitrogen and oxygen atoms in total. The Labute approximate surface area is 188 Å². The Morgan fingerprint density at radius 3 is 1.69 bits per heavy atom. The molecule has 12 heteroatoms. The fraction of sp³-hybridized carbons (Fsp3) is 0.250. The Bertz CT molecular complexity index is 1130. The molecule has 0 fully saturated rings. The maximum Gasteiger partial charge on any atom is 0.524 e. The van der Waals surface area contributed by atoms with Gasteiger partial charge in [0.2, 0.25) is 11.5 Å². The van der Waals surface area contributed by atoms with Crippen LogP contribution in [-0.2, 0) is 4.57 Å². The number of phosphoric ester groups is 1. The zero-order valence-corrected chi connectivity index (χ0v) is 19.7. The summed E-state index contributed by atoms with van der Waals surface area (Å²) in [6.07, 6.45) is 1.63. The number of phosphoric acid groups is 1. The summed E-state index contributed by atoms with van der Waals surface area (Å²) in [5, 5.41) is 0. The van der Waals surface area contributed by atoms with Crippen molar-refractivity contribution < 1.29 is 42.6 Å². The zero-order valence-electron chi connectivity index (χ0n) is 17.9. The second kappa shape index (κ2) is 9.66. The van der Waals surface area contributed by atoms with Gasteiger partial charge in [-0.25, -0.2) is 4.57 Å². The molecule has 0 saturated heterocycles. The van der Waals surface area contributed by atoms with E-state index in [0.29, 0.717) is 28.4 Å². The molecular weight excluding hydrogens is 461 g/mol. The summed E-state index contributed by atoms with van der Waals surface area (Å²) >= 11 is 1.22. The van der Waals surface area contributed by atoms with E-state index in [1.54, 1.807) is 24.4 Å². The summed E-state index contributed by atoms with van der Waals surface area (Å²) in [5.74, 6) is 1.51. The van der Waals surface area contributed by atoms with E-state index in [0.717, 1.165) is 10.4 Å². The van der Waals surface area contributed by atoms with Crippen molar-refractivity contribution in [2.45, 2.75) is 0 Å². The van der Waals surface area contributed by atoms with Crippen LogP contribution in [0.2, 0.25) is 0 Å². The predicted octanol–water partition coefficient (Wildman–Crippen LogP) is 3.99. The first-order valence-corrected chi connectivity index (χ1v) is 11.3. The monoisotopic (exact) mass is 483 g/mol. The molecule has 1 heterocycles. The van der Waals surface area contributed by atoms with Gasteiger partial charge in [0.05, 0.1) is 40.4 Å². The quantitative estimate of drug-likeness (QED) is 0.432. The van der Waals surface area contributed by atoms with Gasteiger partial charge in [0.1, 0.15) is 0 Å². The van der Waals surface area contributed by atoms with Crippen LogP contribution in [0.15, 0.2) is 30.5 Å². The number of nitrogens with zero attached hydrogens (tertiary/aromatic N) is 1. The van der Waals surface area contributed by atoms with E-state index in [1.165, 1.54) is 53.1 Å². The minimum absolute atomic E-state index is 0.0529. The van der Waals surface area contributed by atoms with Gasteiger partial charge in [-0.1, -0.05) is 0 Å². The molecule has 0 aliphatic heterocycles. The molecule has 1 aromatic heterocycles. The zero-order chi connectivity index (χ0) is 23.5. The summed E-state index contributed by atoms with van der Waals surface area (Å²) in [6.45, 7) is 0. The fourth-order valence-electron chi connectivity index (χ4n) is 3.15. The number of methoxy groups -OCH3 is 5. The van der Waals surface area contributed by atoms with Crippen LogP contribution in [0.3, 0.4) is 0 Å². The standard InChI is InChI=1S/C20H22NO9PS/c1-25-14-6-11(7-17(19(14)29-5)30-31(22,23)24)13-10-21-32-20(13)12-8-15(26-2)18(28-4)16(9-12)27-3/h6-10H,1-5H3,(H2,22,23,24). The highest BCUT2D eigenvalue weighted by atomic mass is 32.1. The highest BCUT2D eigenvalue weighted by Crippen LogP contribution is 2.50. The second-order valence-electron chi connectivity index (χ2n) is 6.27. The Hall–Kier alpha value is -2.98. The number of aromatic nitrogens is 1. The molecule has 0 aliphatic carbocycles. The molecule has 2 N–H and O–H groups in total. The van der Waals surface area contributed by atoms with E-state index >= 15 is 0 Å². The Kier molecular flexibility index (Phi) is 7.15. The van der Waals surface area contributed by atoms with E-state index in [1.807, 2.05) is 0 Å². The lowest BCUT2D eigenvalue weighted by atomic mass is 10.0. The molecule has 3 aromatic rings. The first kappa shape index (κ1) is 23.7.